The summed E-state index contributed by atoms with van der Waals surface area (Å²) in [5.41, 5.74) is 0. The van der Waals surface area contributed by atoms with Crippen LogP contribution in [-0.2, 0) is 10.0 Å². The molecule has 9 heteroatoms. The number of sulfonamides is 1. The van der Waals surface area contributed by atoms with E-state index in [4.69, 9.17) is 0 Å². The maximum atomic E-state index is 12.3. The maximum absolute atomic E-state index is 12.3. The summed E-state index contributed by atoms with van der Waals surface area (Å²) in [5, 5.41) is 3.38. The van der Waals surface area contributed by atoms with Gasteiger partial charge in [-0.05, 0) is 12.3 Å². The largest absolute Gasteiger partial charge is 0.323 e. The van der Waals surface area contributed by atoms with E-state index in [0.717, 1.165) is 4.88 Å². The molecule has 1 aromatic rings. The molecule has 0 radical (unpaired) electrons. The van der Waals surface area contributed by atoms with Gasteiger partial charge in [-0.2, -0.15) is 0 Å². The number of nitrogens with one attached hydrogen (secondary N) is 1. The van der Waals surface area contributed by atoms with Gasteiger partial charge in [0.05, 0.1) is 6.26 Å². The number of anilines is 1. The van der Waals surface area contributed by atoms with Crippen LogP contribution in [0.5, 0.6) is 0 Å². The van der Waals surface area contributed by atoms with Crippen LogP contribution in [0.1, 0.15) is 31.1 Å². The molecule has 0 unspecified atom stereocenters. The molecule has 22 heavy (non-hydrogen) atoms. The molecule has 0 atom stereocenters. The number of rotatable bonds is 3. The van der Waals surface area contributed by atoms with Gasteiger partial charge in [-0.3, -0.25) is 5.32 Å². The summed E-state index contributed by atoms with van der Waals surface area (Å²) in [5.74, 6) is 0.379. The lowest BCUT2D eigenvalue weighted by Crippen LogP contribution is -2.39. The second kappa shape index (κ2) is 6.93. The summed E-state index contributed by atoms with van der Waals surface area (Å²) in [4.78, 5) is 19.2. The highest BCUT2D eigenvalue weighted by Gasteiger charge is 2.24. The number of amides is 2. The minimum atomic E-state index is -3.20. The van der Waals surface area contributed by atoms with Crippen LogP contribution < -0.4 is 5.32 Å². The average molecular weight is 346 g/mol. The predicted molar refractivity (Wildman–Crippen MR) is 87.8 cm³/mol. The van der Waals surface area contributed by atoms with Crippen LogP contribution in [0.2, 0.25) is 0 Å². The van der Waals surface area contributed by atoms with E-state index in [1.165, 1.54) is 21.9 Å². The second-order valence-corrected chi connectivity index (χ2v) is 8.70. The predicted octanol–water partition coefficient (Wildman–Crippen LogP) is 1.77. The monoisotopic (exact) mass is 346 g/mol. The molecule has 2 rings (SSSR count). The van der Waals surface area contributed by atoms with E-state index in [0.29, 0.717) is 43.6 Å². The van der Waals surface area contributed by atoms with E-state index in [1.54, 1.807) is 11.1 Å². The SMILES string of the molecule is CC(C)c1cnc(NC(=O)N2CCCN(S(C)(=O)=O)CC2)s1. The second-order valence-electron chi connectivity index (χ2n) is 5.66. The molecular formula is C13H22N4O3S2. The molecule has 1 aliphatic heterocycles. The minimum absolute atomic E-state index is 0.222. The van der Waals surface area contributed by atoms with Crippen molar-refractivity contribution >= 4 is 32.5 Å². The van der Waals surface area contributed by atoms with Crippen LogP contribution in [0, 0.1) is 0 Å². The lowest BCUT2D eigenvalue weighted by atomic mass is 10.2. The molecule has 2 heterocycles. The summed E-state index contributed by atoms with van der Waals surface area (Å²) in [6, 6.07) is -0.222. The van der Waals surface area contributed by atoms with Crippen molar-refractivity contribution in [2.75, 3.05) is 37.8 Å². The lowest BCUT2D eigenvalue weighted by Gasteiger charge is -2.20. The van der Waals surface area contributed by atoms with Crippen LogP contribution in [0.25, 0.3) is 0 Å². The molecule has 1 N–H and O–H groups in total. The molecule has 0 bridgehead atoms. The van der Waals surface area contributed by atoms with E-state index in [9.17, 15) is 13.2 Å². The van der Waals surface area contributed by atoms with Crippen LogP contribution >= 0.6 is 11.3 Å². The highest BCUT2D eigenvalue weighted by molar-refractivity contribution is 7.88. The van der Waals surface area contributed by atoms with Gasteiger partial charge in [-0.25, -0.2) is 22.5 Å². The quantitative estimate of drug-likeness (QED) is 0.904. The summed E-state index contributed by atoms with van der Waals surface area (Å²) in [6.45, 7) is 5.88. The van der Waals surface area contributed by atoms with Crippen molar-refractivity contribution < 1.29 is 13.2 Å². The van der Waals surface area contributed by atoms with Gasteiger partial charge in [0.15, 0.2) is 5.13 Å². The molecule has 124 valence electrons. The van der Waals surface area contributed by atoms with Gasteiger partial charge >= 0.3 is 6.03 Å². The van der Waals surface area contributed by atoms with E-state index in [1.807, 2.05) is 0 Å². The Morgan fingerprint density at radius 3 is 2.64 bits per heavy atom. The summed E-state index contributed by atoms with van der Waals surface area (Å²) < 4.78 is 24.6. The van der Waals surface area contributed by atoms with Gasteiger partial charge in [0.25, 0.3) is 0 Å². The summed E-state index contributed by atoms with van der Waals surface area (Å²) in [6.07, 6.45) is 3.61. The van der Waals surface area contributed by atoms with Crippen LogP contribution in [0.15, 0.2) is 6.20 Å². The van der Waals surface area contributed by atoms with E-state index < -0.39 is 10.0 Å². The van der Waals surface area contributed by atoms with Gasteiger partial charge in [0.1, 0.15) is 0 Å². The zero-order valence-electron chi connectivity index (χ0n) is 13.1. The third kappa shape index (κ3) is 4.40. The number of thiazole rings is 1. The molecule has 1 fully saturated rings. The Labute approximate surface area is 135 Å². The lowest BCUT2D eigenvalue weighted by molar-refractivity contribution is 0.214. The first-order valence-electron chi connectivity index (χ1n) is 7.24. The normalized spacial score (nSPS) is 17.5. The standard InChI is InChI=1S/C13H22N4O3S2/c1-10(2)11-9-14-12(21-11)15-13(18)16-5-4-6-17(8-7-16)22(3,19)20/h9-10H,4-8H2,1-3H3,(H,14,15,18). The molecule has 7 nitrogen and oxygen atoms in total. The number of nitrogens with zero attached hydrogens (tertiary/aromatic N) is 3. The first-order chi connectivity index (χ1) is 10.3. The Balaban J connectivity index is 1.95. The van der Waals surface area contributed by atoms with Crippen LogP contribution in [0.3, 0.4) is 0 Å². The third-order valence-electron chi connectivity index (χ3n) is 3.52. The van der Waals surface area contributed by atoms with Crippen molar-refractivity contribution in [3.63, 3.8) is 0 Å². The number of hydrogen-bond acceptors (Lipinski definition) is 5. The van der Waals surface area contributed by atoms with Gasteiger partial charge in [0, 0.05) is 37.3 Å². The molecule has 1 aliphatic rings. The highest BCUT2D eigenvalue weighted by atomic mass is 32.2. The first kappa shape index (κ1) is 17.2. The minimum Gasteiger partial charge on any atom is -0.323 e. The summed E-state index contributed by atoms with van der Waals surface area (Å²) in [7, 11) is -3.20. The third-order valence-corrected chi connectivity index (χ3v) is 6.03. The highest BCUT2D eigenvalue weighted by Crippen LogP contribution is 2.25. The fourth-order valence-electron chi connectivity index (χ4n) is 2.21. The molecule has 0 aliphatic carbocycles. The molecule has 2 amide bonds. The summed E-state index contributed by atoms with van der Waals surface area (Å²) >= 11 is 1.47. The maximum Gasteiger partial charge on any atom is 0.323 e. The zero-order chi connectivity index (χ0) is 16.3. The smallest absolute Gasteiger partial charge is 0.323 e. The molecule has 0 saturated carbocycles. The first-order valence-corrected chi connectivity index (χ1v) is 9.90. The van der Waals surface area contributed by atoms with Gasteiger partial charge in [-0.1, -0.05) is 13.8 Å². The van der Waals surface area contributed by atoms with Crippen molar-refractivity contribution in [3.8, 4) is 0 Å². The average Bonchev–Trinajstić information content (AvgIpc) is 2.72. The topological polar surface area (TPSA) is 82.6 Å². The van der Waals surface area contributed by atoms with Crippen LogP contribution in [0.4, 0.5) is 9.93 Å². The van der Waals surface area contributed by atoms with Gasteiger partial charge < -0.3 is 4.90 Å². The number of carbonyl (C=O) groups excluding carboxylic acids is 1. The van der Waals surface area contributed by atoms with Gasteiger partial charge in [0.2, 0.25) is 10.0 Å². The van der Waals surface area contributed by atoms with Crippen molar-refractivity contribution in [3.05, 3.63) is 11.1 Å². The van der Waals surface area contributed by atoms with Crippen molar-refractivity contribution in [2.45, 2.75) is 26.2 Å². The molecule has 1 aromatic heterocycles. The van der Waals surface area contributed by atoms with E-state index in [-0.39, 0.29) is 6.03 Å². The van der Waals surface area contributed by atoms with Gasteiger partial charge in [-0.15, -0.1) is 11.3 Å². The Bertz CT molecular complexity index is 627. The molecule has 0 spiro atoms. The fourth-order valence-corrected chi connectivity index (χ4v) is 3.89. The Kier molecular flexibility index (Phi) is 5.41. The molecule has 1 saturated heterocycles. The van der Waals surface area contributed by atoms with Crippen molar-refractivity contribution in [2.24, 2.45) is 0 Å². The zero-order valence-corrected chi connectivity index (χ0v) is 14.7. The Hall–Kier alpha value is -1.19. The number of urea groups is 1. The number of hydrogen-bond donors (Lipinski definition) is 1. The van der Waals surface area contributed by atoms with E-state index >= 15 is 0 Å². The fraction of sp³-hybridized carbons (Fsp3) is 0.692. The van der Waals surface area contributed by atoms with Crippen LogP contribution in [-0.4, -0.2) is 61.1 Å². The van der Waals surface area contributed by atoms with Crippen molar-refractivity contribution in [1.82, 2.24) is 14.2 Å². The number of carbonyl (C=O) groups is 1. The van der Waals surface area contributed by atoms with E-state index in [2.05, 4.69) is 24.1 Å². The molecular weight excluding hydrogens is 324 g/mol. The van der Waals surface area contributed by atoms with Crippen molar-refractivity contribution in [1.29, 1.82) is 0 Å². The molecule has 0 aromatic carbocycles. The Morgan fingerprint density at radius 1 is 1.32 bits per heavy atom. The Morgan fingerprint density at radius 2 is 2.05 bits per heavy atom. The number of aromatic nitrogens is 1.